The number of piperidine rings is 2. The topological polar surface area (TPSA) is 83.7 Å². The second kappa shape index (κ2) is 10.1. The third-order valence-corrected chi connectivity index (χ3v) is 9.49. The first-order valence-electron chi connectivity index (χ1n) is 11.9. The molecule has 0 radical (unpaired) electrons. The summed E-state index contributed by atoms with van der Waals surface area (Å²) in [6.45, 7) is 2.65. The molecule has 0 saturated carbocycles. The van der Waals surface area contributed by atoms with E-state index in [4.69, 9.17) is 4.42 Å². The number of rotatable bonds is 6. The minimum atomic E-state index is -3.55. The highest BCUT2D eigenvalue weighted by Crippen LogP contribution is 2.38. The van der Waals surface area contributed by atoms with Crippen LogP contribution >= 0.6 is 11.8 Å². The van der Waals surface area contributed by atoms with Crippen LogP contribution in [-0.2, 0) is 14.8 Å². The van der Waals surface area contributed by atoms with Gasteiger partial charge in [0.25, 0.3) is 5.22 Å². The molecule has 2 aliphatic heterocycles. The lowest BCUT2D eigenvalue weighted by Crippen LogP contribution is -2.38. The Labute approximate surface area is 204 Å². The first kappa shape index (κ1) is 23.4. The maximum Gasteiger partial charge on any atom is 0.257 e. The molecule has 34 heavy (non-hydrogen) atoms. The Kier molecular flexibility index (Phi) is 6.94. The minimum absolute atomic E-state index is 0.0616. The summed E-state index contributed by atoms with van der Waals surface area (Å²) in [6.07, 6.45) is 6.04. The first-order chi connectivity index (χ1) is 16.5. The predicted octanol–water partition coefficient (Wildman–Crippen LogP) is 4.85. The van der Waals surface area contributed by atoms with Crippen LogP contribution in [0.2, 0.25) is 0 Å². The molecule has 3 heterocycles. The number of sulfonamides is 1. The standard InChI is InChI=1S/C25H29N3O4S2/c29-24(27-14-6-2-7-15-27)23(19-10-4-1-5-11-19)33-25-26-21-18-20(12-13-22(21)32-25)34(30,31)28-16-8-3-9-17-28/h1,4-5,10-13,18,23H,2-3,6-9,14-17H2/t23-/m1/s1. The van der Waals surface area contributed by atoms with Crippen molar-refractivity contribution in [2.75, 3.05) is 26.2 Å². The van der Waals surface area contributed by atoms with Gasteiger partial charge in [0.2, 0.25) is 15.9 Å². The summed E-state index contributed by atoms with van der Waals surface area (Å²) in [4.78, 5) is 20.2. The molecule has 0 aliphatic carbocycles. The number of benzene rings is 2. The minimum Gasteiger partial charge on any atom is -0.431 e. The van der Waals surface area contributed by atoms with Gasteiger partial charge < -0.3 is 9.32 Å². The number of hydrogen-bond acceptors (Lipinski definition) is 6. The van der Waals surface area contributed by atoms with Crippen molar-refractivity contribution in [2.24, 2.45) is 0 Å². The van der Waals surface area contributed by atoms with Crippen molar-refractivity contribution in [2.45, 2.75) is 53.9 Å². The van der Waals surface area contributed by atoms with Crippen LogP contribution in [0.15, 0.2) is 63.1 Å². The first-order valence-corrected chi connectivity index (χ1v) is 14.3. The van der Waals surface area contributed by atoms with Crippen molar-refractivity contribution >= 4 is 38.8 Å². The molecular formula is C25H29N3O4S2. The molecule has 3 aromatic rings. The van der Waals surface area contributed by atoms with Gasteiger partial charge in [0.15, 0.2) is 5.58 Å². The normalized spacial score (nSPS) is 18.8. The second-order valence-corrected chi connectivity index (χ2v) is 11.9. The van der Waals surface area contributed by atoms with Gasteiger partial charge in [-0.3, -0.25) is 4.79 Å². The number of nitrogens with zero attached hydrogens (tertiary/aromatic N) is 3. The number of likely N-dealkylation sites (tertiary alicyclic amines) is 1. The molecule has 0 bridgehead atoms. The van der Waals surface area contributed by atoms with Crippen molar-refractivity contribution in [3.05, 3.63) is 54.1 Å². The molecule has 2 aliphatic rings. The lowest BCUT2D eigenvalue weighted by molar-refractivity contribution is -0.131. The van der Waals surface area contributed by atoms with Crippen LogP contribution in [0.1, 0.15) is 49.3 Å². The van der Waals surface area contributed by atoms with Gasteiger partial charge in [-0.1, -0.05) is 36.8 Å². The highest BCUT2D eigenvalue weighted by Gasteiger charge is 2.30. The summed E-state index contributed by atoms with van der Waals surface area (Å²) in [7, 11) is -3.55. The molecule has 0 unspecified atom stereocenters. The number of fused-ring (bicyclic) bond motifs is 1. The zero-order valence-electron chi connectivity index (χ0n) is 19.1. The van der Waals surface area contributed by atoms with Crippen molar-refractivity contribution in [3.63, 3.8) is 0 Å². The molecule has 0 N–H and O–H groups in total. The molecule has 0 spiro atoms. The maximum atomic E-state index is 13.4. The molecule has 1 aromatic heterocycles. The predicted molar refractivity (Wildman–Crippen MR) is 132 cm³/mol. The number of thioether (sulfide) groups is 1. The van der Waals surface area contributed by atoms with Crippen molar-refractivity contribution < 1.29 is 17.6 Å². The lowest BCUT2D eigenvalue weighted by Gasteiger charge is -2.30. The SMILES string of the molecule is O=C([C@H](Sc1nc2cc(S(=O)(=O)N3CCCCC3)ccc2o1)c1ccccc1)N1CCCCC1. The van der Waals surface area contributed by atoms with E-state index in [1.807, 2.05) is 35.2 Å². The molecular weight excluding hydrogens is 470 g/mol. The third kappa shape index (κ3) is 4.87. The Hall–Kier alpha value is -2.36. The summed E-state index contributed by atoms with van der Waals surface area (Å²) >= 11 is 1.28. The van der Waals surface area contributed by atoms with Crippen molar-refractivity contribution in [1.82, 2.24) is 14.2 Å². The fourth-order valence-corrected chi connectivity index (χ4v) is 7.19. The van der Waals surface area contributed by atoms with Gasteiger partial charge >= 0.3 is 0 Å². The van der Waals surface area contributed by atoms with Gasteiger partial charge in [-0.2, -0.15) is 4.31 Å². The van der Waals surface area contributed by atoms with Gasteiger partial charge in [-0.25, -0.2) is 13.4 Å². The van der Waals surface area contributed by atoms with Crippen molar-refractivity contribution in [1.29, 1.82) is 0 Å². The number of carbonyl (C=O) groups is 1. The largest absolute Gasteiger partial charge is 0.431 e. The van der Waals surface area contributed by atoms with Gasteiger partial charge in [-0.15, -0.1) is 0 Å². The van der Waals surface area contributed by atoms with E-state index in [1.165, 1.54) is 11.8 Å². The summed E-state index contributed by atoms with van der Waals surface area (Å²) in [6, 6.07) is 14.5. The molecule has 1 atom stereocenters. The monoisotopic (exact) mass is 499 g/mol. The Balaban J connectivity index is 1.42. The Morgan fingerprint density at radius 3 is 2.29 bits per heavy atom. The fourth-order valence-electron chi connectivity index (χ4n) is 4.62. The molecule has 2 saturated heterocycles. The summed E-state index contributed by atoms with van der Waals surface area (Å²) in [5, 5.41) is -0.106. The van der Waals surface area contributed by atoms with Gasteiger partial charge in [0, 0.05) is 26.2 Å². The van der Waals surface area contributed by atoms with Crippen LogP contribution in [0.5, 0.6) is 0 Å². The third-order valence-electron chi connectivity index (χ3n) is 6.51. The van der Waals surface area contributed by atoms with Crippen molar-refractivity contribution in [3.8, 4) is 0 Å². The molecule has 2 fully saturated rings. The molecule has 7 nitrogen and oxygen atoms in total. The Morgan fingerprint density at radius 1 is 0.912 bits per heavy atom. The highest BCUT2D eigenvalue weighted by atomic mass is 32.2. The van der Waals surface area contributed by atoms with E-state index >= 15 is 0 Å². The molecule has 9 heteroatoms. The maximum absolute atomic E-state index is 13.4. The van der Waals surface area contributed by atoms with E-state index in [2.05, 4.69) is 4.98 Å². The van der Waals surface area contributed by atoms with E-state index < -0.39 is 15.3 Å². The summed E-state index contributed by atoms with van der Waals surface area (Å²) in [5.74, 6) is 0.0616. The number of carbonyl (C=O) groups excluding carboxylic acids is 1. The average Bonchev–Trinajstić information content (AvgIpc) is 3.30. The van der Waals surface area contributed by atoms with Crippen LogP contribution in [-0.4, -0.2) is 54.7 Å². The molecule has 2 aromatic carbocycles. The van der Waals surface area contributed by atoms with E-state index in [0.717, 1.165) is 57.2 Å². The zero-order valence-corrected chi connectivity index (χ0v) is 20.7. The van der Waals surface area contributed by atoms with E-state index in [1.54, 1.807) is 22.5 Å². The van der Waals surface area contributed by atoms with Gasteiger partial charge in [0.05, 0.1) is 4.90 Å². The quantitative estimate of drug-likeness (QED) is 0.451. The second-order valence-electron chi connectivity index (χ2n) is 8.87. The van der Waals surface area contributed by atoms with Crippen LogP contribution in [0, 0.1) is 0 Å². The number of oxazole rings is 1. The fraction of sp³-hybridized carbons (Fsp3) is 0.440. The zero-order chi connectivity index (χ0) is 23.5. The molecule has 1 amide bonds. The van der Waals surface area contributed by atoms with Crippen LogP contribution < -0.4 is 0 Å². The molecule has 5 rings (SSSR count). The van der Waals surface area contributed by atoms with E-state index in [0.29, 0.717) is 29.4 Å². The summed E-state index contributed by atoms with van der Waals surface area (Å²) < 4.78 is 33.6. The molecule has 180 valence electrons. The number of amides is 1. The number of aromatic nitrogens is 1. The van der Waals surface area contributed by atoms with E-state index in [9.17, 15) is 13.2 Å². The average molecular weight is 500 g/mol. The number of hydrogen-bond donors (Lipinski definition) is 0. The summed E-state index contributed by atoms with van der Waals surface area (Å²) in [5.41, 5.74) is 1.90. The van der Waals surface area contributed by atoms with E-state index in [-0.39, 0.29) is 10.8 Å². The Morgan fingerprint density at radius 2 is 1.59 bits per heavy atom. The highest BCUT2D eigenvalue weighted by molar-refractivity contribution is 8.00. The smallest absolute Gasteiger partial charge is 0.257 e. The van der Waals surface area contributed by atoms with Crippen LogP contribution in [0.4, 0.5) is 0 Å². The lowest BCUT2D eigenvalue weighted by atomic mass is 10.1. The Bertz CT molecular complexity index is 1250. The van der Waals surface area contributed by atoms with Crippen LogP contribution in [0.25, 0.3) is 11.1 Å². The van der Waals surface area contributed by atoms with Gasteiger partial charge in [0.1, 0.15) is 10.8 Å². The van der Waals surface area contributed by atoms with Gasteiger partial charge in [-0.05, 0) is 67.6 Å². The van der Waals surface area contributed by atoms with Crippen LogP contribution in [0.3, 0.4) is 0 Å².